The maximum absolute atomic E-state index is 12.4. The lowest BCUT2D eigenvalue weighted by molar-refractivity contribution is -0.133. The Morgan fingerprint density at radius 2 is 1.93 bits per heavy atom. The molecular formula is C19H25ClN6O4. The molecule has 0 bridgehead atoms. The summed E-state index contributed by atoms with van der Waals surface area (Å²) in [5, 5.41) is 6.56. The molecule has 162 valence electrons. The minimum Gasteiger partial charge on any atom is -0.489 e. The average Bonchev–Trinajstić information content (AvgIpc) is 2.75. The van der Waals surface area contributed by atoms with Crippen molar-refractivity contribution in [3.05, 3.63) is 39.5 Å². The molecule has 0 aromatic carbocycles. The first-order valence-electron chi connectivity index (χ1n) is 9.73. The number of nitrogens with zero attached hydrogens (tertiary/aromatic N) is 5. The minimum absolute atomic E-state index is 0.0504. The molecule has 1 fully saturated rings. The predicted octanol–water partition coefficient (Wildman–Crippen LogP) is 1.04. The fraction of sp³-hybridized carbons (Fsp3) is 0.526. The standard InChI is InChI=1S/C19H25ClN6O4/c1-13(12-30-16-11-23-24-18(28)14(16)2)29-8-3-17(27)25-4-6-26(7-5-25)19-21-9-15(20)10-22-19/h9-11,13H,3-8,12H2,1-2H3,(H,24,28)/t13-/m0/s1. The normalized spacial score (nSPS) is 15.2. The number of carbonyl (C=O) groups is 1. The average molecular weight is 437 g/mol. The van der Waals surface area contributed by atoms with Gasteiger partial charge in [-0.3, -0.25) is 9.59 Å². The summed E-state index contributed by atoms with van der Waals surface area (Å²) in [5.74, 6) is 1.09. The van der Waals surface area contributed by atoms with Crippen molar-refractivity contribution in [1.29, 1.82) is 0 Å². The molecule has 1 amide bonds. The molecule has 1 saturated heterocycles. The molecule has 3 rings (SSSR count). The van der Waals surface area contributed by atoms with E-state index in [-0.39, 0.29) is 24.2 Å². The molecule has 2 aromatic rings. The fourth-order valence-electron chi connectivity index (χ4n) is 2.97. The number of ether oxygens (including phenoxy) is 2. The molecule has 0 unspecified atom stereocenters. The molecule has 11 heteroatoms. The van der Waals surface area contributed by atoms with Crippen LogP contribution in [0.5, 0.6) is 5.75 Å². The monoisotopic (exact) mass is 436 g/mol. The van der Waals surface area contributed by atoms with Gasteiger partial charge in [0.1, 0.15) is 12.4 Å². The first-order valence-corrected chi connectivity index (χ1v) is 10.1. The fourth-order valence-corrected chi connectivity index (χ4v) is 3.07. The molecule has 30 heavy (non-hydrogen) atoms. The SMILES string of the molecule is Cc1c(OC[C@H](C)OCCC(=O)N2CCN(c3ncc(Cl)cn3)CC2)cn[nH]c1=O. The lowest BCUT2D eigenvalue weighted by atomic mass is 10.3. The van der Waals surface area contributed by atoms with Crippen molar-refractivity contribution < 1.29 is 14.3 Å². The van der Waals surface area contributed by atoms with Gasteiger partial charge in [-0.05, 0) is 13.8 Å². The van der Waals surface area contributed by atoms with Gasteiger partial charge in [0.15, 0.2) is 0 Å². The first kappa shape index (κ1) is 22.0. The van der Waals surface area contributed by atoms with Gasteiger partial charge in [-0.25, -0.2) is 15.1 Å². The van der Waals surface area contributed by atoms with E-state index in [1.165, 1.54) is 6.20 Å². The summed E-state index contributed by atoms with van der Waals surface area (Å²) in [7, 11) is 0. The van der Waals surface area contributed by atoms with E-state index in [1.54, 1.807) is 19.3 Å². The van der Waals surface area contributed by atoms with Crippen LogP contribution in [0.2, 0.25) is 5.02 Å². The summed E-state index contributed by atoms with van der Waals surface area (Å²) >= 11 is 5.82. The highest BCUT2D eigenvalue weighted by Crippen LogP contribution is 2.14. The van der Waals surface area contributed by atoms with Crippen LogP contribution in [0.15, 0.2) is 23.4 Å². The Hall–Kier alpha value is -2.72. The quantitative estimate of drug-likeness (QED) is 0.653. The van der Waals surface area contributed by atoms with E-state index in [0.29, 0.717) is 61.5 Å². The van der Waals surface area contributed by atoms with Crippen LogP contribution >= 0.6 is 11.6 Å². The van der Waals surface area contributed by atoms with Crippen molar-refractivity contribution in [2.45, 2.75) is 26.4 Å². The van der Waals surface area contributed by atoms with E-state index in [9.17, 15) is 9.59 Å². The van der Waals surface area contributed by atoms with Gasteiger partial charge in [-0.1, -0.05) is 11.6 Å². The van der Waals surface area contributed by atoms with Crippen molar-refractivity contribution in [2.24, 2.45) is 0 Å². The lowest BCUT2D eigenvalue weighted by Gasteiger charge is -2.34. The van der Waals surface area contributed by atoms with E-state index in [2.05, 4.69) is 20.2 Å². The zero-order chi connectivity index (χ0) is 21.5. The highest BCUT2D eigenvalue weighted by molar-refractivity contribution is 6.30. The van der Waals surface area contributed by atoms with E-state index >= 15 is 0 Å². The zero-order valence-corrected chi connectivity index (χ0v) is 17.8. The molecular weight excluding hydrogens is 412 g/mol. The van der Waals surface area contributed by atoms with Crippen LogP contribution in [0.4, 0.5) is 5.95 Å². The second kappa shape index (κ2) is 10.4. The van der Waals surface area contributed by atoms with Crippen LogP contribution in [-0.2, 0) is 9.53 Å². The Morgan fingerprint density at radius 1 is 1.23 bits per heavy atom. The molecule has 0 radical (unpaired) electrons. The Morgan fingerprint density at radius 3 is 2.63 bits per heavy atom. The number of hydrogen-bond acceptors (Lipinski definition) is 8. The molecule has 1 atom stereocenters. The van der Waals surface area contributed by atoms with Crippen LogP contribution in [0.3, 0.4) is 0 Å². The van der Waals surface area contributed by atoms with Crippen LogP contribution in [0.25, 0.3) is 0 Å². The van der Waals surface area contributed by atoms with E-state index in [1.807, 2.05) is 16.7 Å². The van der Waals surface area contributed by atoms with Gasteiger partial charge >= 0.3 is 0 Å². The number of carbonyl (C=O) groups excluding carboxylic acids is 1. The molecule has 2 aromatic heterocycles. The molecule has 10 nitrogen and oxygen atoms in total. The van der Waals surface area contributed by atoms with Gasteiger partial charge in [0.2, 0.25) is 11.9 Å². The van der Waals surface area contributed by atoms with Crippen molar-refractivity contribution in [3.8, 4) is 5.75 Å². The van der Waals surface area contributed by atoms with Crippen molar-refractivity contribution in [1.82, 2.24) is 25.1 Å². The smallest absolute Gasteiger partial charge is 0.270 e. The largest absolute Gasteiger partial charge is 0.489 e. The third-order valence-electron chi connectivity index (χ3n) is 4.77. The molecule has 1 N–H and O–H groups in total. The number of H-pyrrole nitrogens is 1. The maximum Gasteiger partial charge on any atom is 0.270 e. The van der Waals surface area contributed by atoms with Gasteiger partial charge in [-0.15, -0.1) is 0 Å². The predicted molar refractivity (Wildman–Crippen MR) is 111 cm³/mol. The molecule has 3 heterocycles. The molecule has 0 spiro atoms. The van der Waals surface area contributed by atoms with Gasteiger partial charge in [0, 0.05) is 26.2 Å². The number of nitrogens with one attached hydrogen (secondary N) is 1. The second-order valence-corrected chi connectivity index (χ2v) is 7.44. The number of hydrogen-bond donors (Lipinski definition) is 1. The third-order valence-corrected chi connectivity index (χ3v) is 4.97. The van der Waals surface area contributed by atoms with Crippen molar-refractivity contribution in [2.75, 3.05) is 44.3 Å². The number of halogens is 1. The number of amides is 1. The number of piperazine rings is 1. The number of aromatic amines is 1. The molecule has 0 aliphatic carbocycles. The maximum atomic E-state index is 12.4. The number of anilines is 1. The summed E-state index contributed by atoms with van der Waals surface area (Å²) in [4.78, 5) is 36.2. The van der Waals surface area contributed by atoms with Crippen LogP contribution in [0, 0.1) is 6.92 Å². The highest BCUT2D eigenvalue weighted by atomic mass is 35.5. The van der Waals surface area contributed by atoms with Crippen molar-refractivity contribution >= 4 is 23.5 Å². The highest BCUT2D eigenvalue weighted by Gasteiger charge is 2.22. The number of rotatable bonds is 8. The second-order valence-electron chi connectivity index (χ2n) is 7.00. The zero-order valence-electron chi connectivity index (χ0n) is 17.0. The van der Waals surface area contributed by atoms with Gasteiger partial charge in [0.05, 0.1) is 48.3 Å². The summed E-state index contributed by atoms with van der Waals surface area (Å²) in [6, 6.07) is 0. The number of aromatic nitrogens is 4. The van der Waals surface area contributed by atoms with Gasteiger partial charge in [-0.2, -0.15) is 5.10 Å². The first-order chi connectivity index (χ1) is 14.4. The Kier molecular flexibility index (Phi) is 7.58. The molecule has 1 aliphatic rings. The van der Waals surface area contributed by atoms with Gasteiger partial charge in [0.25, 0.3) is 5.56 Å². The molecule has 1 aliphatic heterocycles. The summed E-state index contributed by atoms with van der Waals surface area (Å²) in [5.41, 5.74) is 0.185. The van der Waals surface area contributed by atoms with E-state index in [4.69, 9.17) is 21.1 Å². The summed E-state index contributed by atoms with van der Waals surface area (Å²) in [6.07, 6.45) is 4.67. The summed E-state index contributed by atoms with van der Waals surface area (Å²) < 4.78 is 11.3. The minimum atomic E-state index is -0.283. The Balaban J connectivity index is 1.35. The molecule has 0 saturated carbocycles. The van der Waals surface area contributed by atoms with E-state index in [0.717, 1.165) is 0 Å². The Labute approximate surface area is 179 Å². The van der Waals surface area contributed by atoms with Gasteiger partial charge < -0.3 is 19.3 Å². The van der Waals surface area contributed by atoms with Crippen LogP contribution in [-0.4, -0.2) is 76.5 Å². The van der Waals surface area contributed by atoms with Crippen LogP contribution in [0.1, 0.15) is 18.9 Å². The topological polar surface area (TPSA) is 114 Å². The van der Waals surface area contributed by atoms with Crippen molar-refractivity contribution in [3.63, 3.8) is 0 Å². The third kappa shape index (κ3) is 5.90. The Bertz CT molecular complexity index is 899. The van der Waals surface area contributed by atoms with Crippen LogP contribution < -0.4 is 15.2 Å². The van der Waals surface area contributed by atoms with E-state index < -0.39 is 0 Å². The lowest BCUT2D eigenvalue weighted by Crippen LogP contribution is -2.49. The summed E-state index contributed by atoms with van der Waals surface area (Å²) in [6.45, 7) is 6.64.